The van der Waals surface area contributed by atoms with Gasteiger partial charge in [-0.2, -0.15) is 0 Å². The van der Waals surface area contributed by atoms with Gasteiger partial charge in [0, 0.05) is 6.42 Å². The van der Waals surface area contributed by atoms with Gasteiger partial charge in [-0.05, 0) is 36.6 Å². The first-order valence-corrected chi connectivity index (χ1v) is 8.95. The van der Waals surface area contributed by atoms with Crippen molar-refractivity contribution in [1.82, 2.24) is 0 Å². The third-order valence-corrected chi connectivity index (χ3v) is 5.15. The van der Waals surface area contributed by atoms with E-state index in [1.165, 1.54) is 14.2 Å². The van der Waals surface area contributed by atoms with Crippen LogP contribution in [0.4, 0.5) is 5.00 Å². The van der Waals surface area contributed by atoms with Crippen LogP contribution in [0.3, 0.4) is 0 Å². The van der Waals surface area contributed by atoms with Crippen molar-refractivity contribution in [2.45, 2.75) is 19.8 Å². The molecule has 0 saturated heterocycles. The SMILES string of the molecule is COC(=O)c1sc(NC(=O)CCc2ccc(OC)cc2)c(C(=O)OC)c1C. The number of hydrogen-bond donors (Lipinski definition) is 1. The minimum absolute atomic E-state index is 0.167. The number of benzene rings is 1. The van der Waals surface area contributed by atoms with Crippen LogP contribution in [0.1, 0.15) is 37.6 Å². The molecule has 0 atom stereocenters. The van der Waals surface area contributed by atoms with E-state index in [2.05, 4.69) is 5.32 Å². The van der Waals surface area contributed by atoms with Crippen LogP contribution in [0, 0.1) is 6.92 Å². The molecule has 0 aliphatic rings. The molecule has 8 heteroatoms. The number of thiophene rings is 1. The van der Waals surface area contributed by atoms with Gasteiger partial charge in [0.15, 0.2) is 0 Å². The van der Waals surface area contributed by atoms with Crippen LogP contribution in [0.5, 0.6) is 5.75 Å². The molecule has 2 rings (SSSR count). The molecule has 1 heterocycles. The van der Waals surface area contributed by atoms with E-state index >= 15 is 0 Å². The van der Waals surface area contributed by atoms with Crippen molar-refractivity contribution in [3.63, 3.8) is 0 Å². The van der Waals surface area contributed by atoms with Crippen LogP contribution in [-0.4, -0.2) is 39.2 Å². The maximum atomic E-state index is 12.3. The van der Waals surface area contributed by atoms with Crippen molar-refractivity contribution >= 4 is 34.2 Å². The molecule has 0 saturated carbocycles. The first-order valence-electron chi connectivity index (χ1n) is 8.14. The normalized spacial score (nSPS) is 10.2. The molecule has 1 amide bonds. The highest BCUT2D eigenvalue weighted by Crippen LogP contribution is 2.34. The van der Waals surface area contributed by atoms with E-state index in [1.807, 2.05) is 24.3 Å². The Morgan fingerprint density at radius 3 is 2.19 bits per heavy atom. The van der Waals surface area contributed by atoms with Crippen LogP contribution in [-0.2, 0) is 20.7 Å². The fourth-order valence-corrected chi connectivity index (χ4v) is 3.61. The van der Waals surface area contributed by atoms with Crippen molar-refractivity contribution < 1.29 is 28.6 Å². The van der Waals surface area contributed by atoms with Gasteiger partial charge < -0.3 is 19.5 Å². The zero-order valence-corrected chi connectivity index (χ0v) is 16.4. The smallest absolute Gasteiger partial charge is 0.348 e. The minimum Gasteiger partial charge on any atom is -0.497 e. The average molecular weight is 391 g/mol. The summed E-state index contributed by atoms with van der Waals surface area (Å²) in [6.07, 6.45) is 0.745. The van der Waals surface area contributed by atoms with E-state index in [0.717, 1.165) is 22.6 Å². The summed E-state index contributed by atoms with van der Waals surface area (Å²) in [6, 6.07) is 7.43. The number of carbonyl (C=O) groups excluding carboxylic acids is 3. The van der Waals surface area contributed by atoms with E-state index in [0.29, 0.717) is 12.0 Å². The second kappa shape index (κ2) is 9.18. The third-order valence-electron chi connectivity index (χ3n) is 3.96. The number of aryl methyl sites for hydroxylation is 1. The fourth-order valence-electron chi connectivity index (χ4n) is 2.48. The summed E-state index contributed by atoms with van der Waals surface area (Å²) < 4.78 is 14.6. The molecule has 0 unspecified atom stereocenters. The first-order chi connectivity index (χ1) is 12.9. The maximum Gasteiger partial charge on any atom is 0.348 e. The second-order valence-electron chi connectivity index (χ2n) is 5.64. The van der Waals surface area contributed by atoms with E-state index in [-0.39, 0.29) is 27.8 Å². The molecule has 2 aromatic rings. The van der Waals surface area contributed by atoms with Crippen molar-refractivity contribution in [2.75, 3.05) is 26.6 Å². The summed E-state index contributed by atoms with van der Waals surface area (Å²) in [4.78, 5) is 36.5. The Morgan fingerprint density at radius 1 is 1.00 bits per heavy atom. The van der Waals surface area contributed by atoms with Gasteiger partial charge in [-0.3, -0.25) is 4.79 Å². The highest BCUT2D eigenvalue weighted by molar-refractivity contribution is 7.18. The van der Waals surface area contributed by atoms with E-state index in [1.54, 1.807) is 14.0 Å². The monoisotopic (exact) mass is 391 g/mol. The van der Waals surface area contributed by atoms with Gasteiger partial charge in [0.1, 0.15) is 15.6 Å². The number of nitrogens with one attached hydrogen (secondary N) is 1. The zero-order valence-electron chi connectivity index (χ0n) is 15.6. The number of methoxy groups -OCH3 is 3. The third kappa shape index (κ3) is 4.85. The zero-order chi connectivity index (χ0) is 20.0. The van der Waals surface area contributed by atoms with Crippen molar-refractivity contribution in [3.8, 4) is 5.75 Å². The summed E-state index contributed by atoms with van der Waals surface area (Å²) in [5, 5.41) is 2.98. The Morgan fingerprint density at radius 2 is 1.63 bits per heavy atom. The summed E-state index contributed by atoms with van der Waals surface area (Å²) >= 11 is 0.994. The van der Waals surface area contributed by atoms with Crippen LogP contribution >= 0.6 is 11.3 Å². The number of carbonyl (C=O) groups is 3. The molecule has 0 aliphatic heterocycles. The van der Waals surface area contributed by atoms with Crippen LogP contribution in [0.2, 0.25) is 0 Å². The molecule has 7 nitrogen and oxygen atoms in total. The van der Waals surface area contributed by atoms with Gasteiger partial charge in [-0.1, -0.05) is 12.1 Å². The lowest BCUT2D eigenvalue weighted by Crippen LogP contribution is -2.14. The molecule has 0 fully saturated rings. The lowest BCUT2D eigenvalue weighted by Gasteiger charge is -2.07. The fraction of sp³-hybridized carbons (Fsp3) is 0.316. The van der Waals surface area contributed by atoms with E-state index in [9.17, 15) is 14.4 Å². The van der Waals surface area contributed by atoms with E-state index in [4.69, 9.17) is 14.2 Å². The topological polar surface area (TPSA) is 90.9 Å². The summed E-state index contributed by atoms with van der Waals surface area (Å²) in [6.45, 7) is 1.61. The molecule has 0 aliphatic carbocycles. The predicted molar refractivity (Wildman–Crippen MR) is 102 cm³/mol. The lowest BCUT2D eigenvalue weighted by molar-refractivity contribution is -0.116. The van der Waals surface area contributed by atoms with Crippen molar-refractivity contribution in [1.29, 1.82) is 0 Å². The summed E-state index contributed by atoms with van der Waals surface area (Å²) in [5.74, 6) is -0.713. The number of anilines is 1. The van der Waals surface area contributed by atoms with Crippen LogP contribution < -0.4 is 10.1 Å². The Balaban J connectivity index is 2.13. The highest BCUT2D eigenvalue weighted by atomic mass is 32.1. The largest absolute Gasteiger partial charge is 0.497 e. The average Bonchev–Trinajstić information content (AvgIpc) is 3.01. The molecule has 0 bridgehead atoms. The number of ether oxygens (including phenoxy) is 3. The molecule has 1 aromatic heterocycles. The van der Waals surface area contributed by atoms with Gasteiger partial charge >= 0.3 is 11.9 Å². The molecule has 144 valence electrons. The molecule has 27 heavy (non-hydrogen) atoms. The maximum absolute atomic E-state index is 12.3. The minimum atomic E-state index is -0.621. The van der Waals surface area contributed by atoms with Crippen molar-refractivity contribution in [2.24, 2.45) is 0 Å². The Bertz CT molecular complexity index is 841. The molecule has 0 spiro atoms. The Kier molecular flexibility index (Phi) is 6.95. The second-order valence-corrected chi connectivity index (χ2v) is 6.66. The Labute approximate surface area is 161 Å². The molecular weight excluding hydrogens is 370 g/mol. The lowest BCUT2D eigenvalue weighted by atomic mass is 10.1. The van der Waals surface area contributed by atoms with Gasteiger partial charge in [0.25, 0.3) is 0 Å². The predicted octanol–water partition coefficient (Wildman–Crippen LogP) is 3.21. The summed E-state index contributed by atoms with van der Waals surface area (Å²) in [5.41, 5.74) is 1.57. The van der Waals surface area contributed by atoms with Gasteiger partial charge in [-0.15, -0.1) is 11.3 Å². The van der Waals surface area contributed by atoms with Gasteiger partial charge in [0.2, 0.25) is 5.91 Å². The standard InChI is InChI=1S/C19H21NO6S/c1-11-15(18(22)25-3)17(27-16(11)19(23)26-4)20-14(21)10-7-12-5-8-13(24-2)9-6-12/h5-6,8-9H,7,10H2,1-4H3,(H,20,21). The van der Waals surface area contributed by atoms with Gasteiger partial charge in [-0.25, -0.2) is 9.59 Å². The molecule has 0 radical (unpaired) electrons. The molecular formula is C19H21NO6S. The molecule has 1 N–H and O–H groups in total. The van der Waals surface area contributed by atoms with Crippen molar-refractivity contribution in [3.05, 3.63) is 45.8 Å². The quantitative estimate of drug-likeness (QED) is 0.729. The van der Waals surface area contributed by atoms with E-state index < -0.39 is 11.9 Å². The number of rotatable bonds is 7. The number of amides is 1. The van der Waals surface area contributed by atoms with Gasteiger partial charge in [0.05, 0.1) is 26.9 Å². The van der Waals surface area contributed by atoms with Crippen LogP contribution in [0.25, 0.3) is 0 Å². The van der Waals surface area contributed by atoms with Crippen LogP contribution in [0.15, 0.2) is 24.3 Å². The number of esters is 2. The molecule has 1 aromatic carbocycles. The highest BCUT2D eigenvalue weighted by Gasteiger charge is 2.26. The summed E-state index contributed by atoms with van der Waals surface area (Å²) in [7, 11) is 4.09. The number of hydrogen-bond acceptors (Lipinski definition) is 7. The first kappa shape index (κ1) is 20.4. The Hall–Kier alpha value is -2.87.